The highest BCUT2D eigenvalue weighted by atomic mass is 32.2. The van der Waals surface area contributed by atoms with Gasteiger partial charge in [-0.1, -0.05) is 0 Å². The Bertz CT molecular complexity index is 490. The Kier molecular flexibility index (Phi) is 4.89. The lowest BCUT2D eigenvalue weighted by Gasteiger charge is -2.23. The monoisotopic (exact) mass is 294 g/mol. The molecular formula is C14H18N2O3S. The van der Waals surface area contributed by atoms with Crippen molar-refractivity contribution in [3.8, 4) is 0 Å². The Morgan fingerprint density at radius 1 is 1.40 bits per heavy atom. The van der Waals surface area contributed by atoms with Gasteiger partial charge in [-0.15, -0.1) is 11.8 Å². The second kappa shape index (κ2) is 6.65. The summed E-state index contributed by atoms with van der Waals surface area (Å²) >= 11 is 1.64. The zero-order chi connectivity index (χ0) is 14.5. The fourth-order valence-electron chi connectivity index (χ4n) is 2.39. The van der Waals surface area contributed by atoms with E-state index in [-0.39, 0.29) is 18.5 Å². The first-order valence-corrected chi connectivity index (χ1v) is 7.76. The second-order valence-electron chi connectivity index (χ2n) is 4.75. The summed E-state index contributed by atoms with van der Waals surface area (Å²) < 4.78 is 0. The van der Waals surface area contributed by atoms with E-state index in [1.54, 1.807) is 16.7 Å². The SMILES string of the molecule is CSc1ccc(NC(=O)N2CCCC2CC(=O)O)cc1. The number of nitrogens with zero attached hydrogens (tertiary/aromatic N) is 1. The van der Waals surface area contributed by atoms with Crippen molar-refractivity contribution in [3.05, 3.63) is 24.3 Å². The fraction of sp³-hybridized carbons (Fsp3) is 0.429. The van der Waals surface area contributed by atoms with Crippen molar-refractivity contribution in [2.75, 3.05) is 18.1 Å². The van der Waals surface area contributed by atoms with Crippen LogP contribution in [0.5, 0.6) is 0 Å². The van der Waals surface area contributed by atoms with Crippen molar-refractivity contribution in [3.63, 3.8) is 0 Å². The Hall–Kier alpha value is -1.69. The van der Waals surface area contributed by atoms with Gasteiger partial charge in [-0.2, -0.15) is 0 Å². The fourth-order valence-corrected chi connectivity index (χ4v) is 2.79. The summed E-state index contributed by atoms with van der Waals surface area (Å²) in [5, 5.41) is 11.7. The minimum Gasteiger partial charge on any atom is -0.481 e. The summed E-state index contributed by atoms with van der Waals surface area (Å²) in [7, 11) is 0. The molecule has 1 aromatic carbocycles. The van der Waals surface area contributed by atoms with Gasteiger partial charge in [0.25, 0.3) is 0 Å². The van der Waals surface area contributed by atoms with Gasteiger partial charge in [0.2, 0.25) is 0 Å². The van der Waals surface area contributed by atoms with Gasteiger partial charge in [0.15, 0.2) is 0 Å². The van der Waals surface area contributed by atoms with E-state index in [9.17, 15) is 9.59 Å². The largest absolute Gasteiger partial charge is 0.481 e. The van der Waals surface area contributed by atoms with Crippen LogP contribution < -0.4 is 5.32 Å². The normalized spacial score (nSPS) is 18.1. The molecule has 1 aliphatic rings. The van der Waals surface area contributed by atoms with E-state index < -0.39 is 5.97 Å². The average molecular weight is 294 g/mol. The van der Waals surface area contributed by atoms with Crippen molar-refractivity contribution in [2.24, 2.45) is 0 Å². The molecule has 2 amide bonds. The summed E-state index contributed by atoms with van der Waals surface area (Å²) in [5.74, 6) is -0.862. The summed E-state index contributed by atoms with van der Waals surface area (Å²) in [6.07, 6.45) is 3.62. The van der Waals surface area contributed by atoms with Gasteiger partial charge in [0.05, 0.1) is 6.42 Å². The molecule has 0 aromatic heterocycles. The number of urea groups is 1. The van der Waals surface area contributed by atoms with Crippen molar-refractivity contribution in [2.45, 2.75) is 30.2 Å². The van der Waals surface area contributed by atoms with Crippen LogP contribution in [-0.4, -0.2) is 40.8 Å². The Morgan fingerprint density at radius 3 is 2.70 bits per heavy atom. The predicted octanol–water partition coefficient (Wildman–Crippen LogP) is 2.88. The number of nitrogens with one attached hydrogen (secondary N) is 1. The van der Waals surface area contributed by atoms with Gasteiger partial charge in [-0.3, -0.25) is 4.79 Å². The van der Waals surface area contributed by atoms with Gasteiger partial charge in [-0.05, 0) is 43.4 Å². The van der Waals surface area contributed by atoms with E-state index >= 15 is 0 Å². The van der Waals surface area contributed by atoms with Crippen LogP contribution in [0.2, 0.25) is 0 Å². The third-order valence-electron chi connectivity index (χ3n) is 3.39. The van der Waals surface area contributed by atoms with Crippen LogP contribution in [0.1, 0.15) is 19.3 Å². The van der Waals surface area contributed by atoms with Gasteiger partial charge >= 0.3 is 12.0 Å². The highest BCUT2D eigenvalue weighted by Gasteiger charge is 2.30. The van der Waals surface area contributed by atoms with E-state index in [1.807, 2.05) is 30.5 Å². The van der Waals surface area contributed by atoms with E-state index in [0.29, 0.717) is 6.54 Å². The molecule has 0 radical (unpaired) electrons. The molecule has 1 aromatic rings. The van der Waals surface area contributed by atoms with Crippen LogP contribution in [0.4, 0.5) is 10.5 Å². The first-order chi connectivity index (χ1) is 9.60. The number of carboxylic acids is 1. The molecule has 1 fully saturated rings. The molecule has 20 heavy (non-hydrogen) atoms. The zero-order valence-corrected chi connectivity index (χ0v) is 12.2. The second-order valence-corrected chi connectivity index (χ2v) is 5.63. The number of carboxylic acid groups (broad SMARTS) is 1. The summed E-state index contributed by atoms with van der Waals surface area (Å²) in [5.41, 5.74) is 0.730. The maximum absolute atomic E-state index is 12.2. The van der Waals surface area contributed by atoms with E-state index in [1.165, 1.54) is 0 Å². The van der Waals surface area contributed by atoms with Crippen molar-refractivity contribution in [1.82, 2.24) is 4.90 Å². The van der Waals surface area contributed by atoms with Gasteiger partial charge in [-0.25, -0.2) is 4.79 Å². The summed E-state index contributed by atoms with van der Waals surface area (Å²) in [6, 6.07) is 7.18. The van der Waals surface area contributed by atoms with Crippen molar-refractivity contribution < 1.29 is 14.7 Å². The van der Waals surface area contributed by atoms with E-state index in [2.05, 4.69) is 5.32 Å². The molecule has 0 saturated carbocycles. The highest BCUT2D eigenvalue weighted by molar-refractivity contribution is 7.98. The topological polar surface area (TPSA) is 69.6 Å². The van der Waals surface area contributed by atoms with E-state index in [0.717, 1.165) is 23.4 Å². The molecule has 0 bridgehead atoms. The molecule has 2 rings (SSSR count). The minimum absolute atomic E-state index is 0.0127. The van der Waals surface area contributed by atoms with Crippen LogP contribution in [0.25, 0.3) is 0 Å². The number of hydrogen-bond donors (Lipinski definition) is 2. The molecule has 1 unspecified atom stereocenters. The van der Waals surface area contributed by atoms with Crippen LogP contribution >= 0.6 is 11.8 Å². The van der Waals surface area contributed by atoms with E-state index in [4.69, 9.17) is 5.11 Å². The molecule has 0 spiro atoms. The van der Waals surface area contributed by atoms with Gasteiger partial charge in [0, 0.05) is 23.2 Å². The molecule has 1 atom stereocenters. The number of anilines is 1. The number of rotatable bonds is 4. The number of hydrogen-bond acceptors (Lipinski definition) is 3. The number of carbonyl (C=O) groups is 2. The molecule has 5 nitrogen and oxygen atoms in total. The van der Waals surface area contributed by atoms with Gasteiger partial charge < -0.3 is 15.3 Å². The Morgan fingerprint density at radius 2 is 2.10 bits per heavy atom. The highest BCUT2D eigenvalue weighted by Crippen LogP contribution is 2.22. The third kappa shape index (κ3) is 3.66. The molecule has 1 saturated heterocycles. The van der Waals surface area contributed by atoms with Gasteiger partial charge in [0.1, 0.15) is 0 Å². The quantitative estimate of drug-likeness (QED) is 0.838. The zero-order valence-electron chi connectivity index (χ0n) is 11.3. The number of benzene rings is 1. The smallest absolute Gasteiger partial charge is 0.322 e. The average Bonchev–Trinajstić information content (AvgIpc) is 2.87. The molecular weight excluding hydrogens is 276 g/mol. The maximum atomic E-state index is 12.2. The van der Waals surface area contributed by atoms with Crippen LogP contribution in [-0.2, 0) is 4.79 Å². The summed E-state index contributed by atoms with van der Waals surface area (Å²) in [6.45, 7) is 0.618. The van der Waals surface area contributed by atoms with Crippen LogP contribution in [0, 0.1) is 0 Å². The minimum atomic E-state index is -0.862. The lowest BCUT2D eigenvalue weighted by Crippen LogP contribution is -2.39. The predicted molar refractivity (Wildman–Crippen MR) is 79.2 cm³/mol. The van der Waals surface area contributed by atoms with Crippen molar-refractivity contribution in [1.29, 1.82) is 0 Å². The van der Waals surface area contributed by atoms with Crippen molar-refractivity contribution >= 4 is 29.4 Å². The number of aliphatic carboxylic acids is 1. The number of thioether (sulfide) groups is 1. The Labute approximate surface area is 122 Å². The first kappa shape index (κ1) is 14.7. The molecule has 2 N–H and O–H groups in total. The number of likely N-dealkylation sites (tertiary alicyclic amines) is 1. The molecule has 0 aliphatic carbocycles. The maximum Gasteiger partial charge on any atom is 0.322 e. The number of amides is 2. The standard InChI is InChI=1S/C14H18N2O3S/c1-20-12-6-4-10(5-7-12)15-14(19)16-8-2-3-11(16)9-13(17)18/h4-7,11H,2-3,8-9H2,1H3,(H,15,19)(H,17,18). The number of carbonyl (C=O) groups excluding carboxylic acids is 1. The molecule has 1 heterocycles. The molecule has 108 valence electrons. The third-order valence-corrected chi connectivity index (χ3v) is 4.13. The molecule has 1 aliphatic heterocycles. The Balaban J connectivity index is 1.97. The molecule has 6 heteroatoms. The van der Waals surface area contributed by atoms with Crippen LogP contribution in [0.15, 0.2) is 29.2 Å². The summed E-state index contributed by atoms with van der Waals surface area (Å²) in [4.78, 5) is 25.7. The van der Waals surface area contributed by atoms with Crippen LogP contribution in [0.3, 0.4) is 0 Å². The lowest BCUT2D eigenvalue weighted by atomic mass is 10.1. The first-order valence-electron chi connectivity index (χ1n) is 6.53. The lowest BCUT2D eigenvalue weighted by molar-refractivity contribution is -0.137.